The van der Waals surface area contributed by atoms with Crippen molar-refractivity contribution < 1.29 is 9.84 Å². The molecule has 1 unspecified atom stereocenters. The van der Waals surface area contributed by atoms with E-state index in [1.165, 1.54) is 0 Å². The number of pyridine rings is 1. The van der Waals surface area contributed by atoms with Gasteiger partial charge in [-0.3, -0.25) is 4.98 Å². The van der Waals surface area contributed by atoms with Crippen molar-refractivity contribution in [3.8, 4) is 5.75 Å². The van der Waals surface area contributed by atoms with Gasteiger partial charge in [0.15, 0.2) is 0 Å². The van der Waals surface area contributed by atoms with Gasteiger partial charge in [-0.15, -0.1) is 0 Å². The molecule has 0 aliphatic heterocycles. The Morgan fingerprint density at radius 2 is 2.11 bits per heavy atom. The molecule has 1 aromatic carbocycles. The number of ether oxygens (including phenoxy) is 1. The molecule has 1 aromatic heterocycles. The number of methoxy groups -OCH3 is 1. The van der Waals surface area contributed by atoms with Gasteiger partial charge >= 0.3 is 0 Å². The standard InChI is InChI=1S/C13H13BrN2O2/c1-18-8-2-3-11(14)9(6-8)13(17)10-7-16-5-4-12(10)15/h2-7,13,17H,1H3,(H2,15,16). The van der Waals surface area contributed by atoms with Crippen LogP contribution in [0.5, 0.6) is 5.75 Å². The third kappa shape index (κ3) is 2.47. The minimum Gasteiger partial charge on any atom is -0.497 e. The van der Waals surface area contributed by atoms with E-state index in [4.69, 9.17) is 10.5 Å². The minimum absolute atomic E-state index is 0.507. The fourth-order valence-corrected chi connectivity index (χ4v) is 2.14. The van der Waals surface area contributed by atoms with E-state index < -0.39 is 6.10 Å². The van der Waals surface area contributed by atoms with Gasteiger partial charge < -0.3 is 15.6 Å². The smallest absolute Gasteiger partial charge is 0.119 e. The molecule has 0 saturated carbocycles. The normalized spacial score (nSPS) is 12.2. The first-order valence-electron chi connectivity index (χ1n) is 5.34. The number of nitrogen functional groups attached to an aromatic ring is 1. The van der Waals surface area contributed by atoms with E-state index in [9.17, 15) is 5.11 Å². The topological polar surface area (TPSA) is 68.4 Å². The van der Waals surface area contributed by atoms with Crippen LogP contribution in [0.2, 0.25) is 0 Å². The van der Waals surface area contributed by atoms with Gasteiger partial charge in [0.05, 0.1) is 7.11 Å². The second kappa shape index (κ2) is 5.37. The summed E-state index contributed by atoms with van der Waals surface area (Å²) in [5, 5.41) is 10.4. The molecule has 1 atom stereocenters. The van der Waals surface area contributed by atoms with Crippen molar-refractivity contribution in [3.05, 3.63) is 52.3 Å². The van der Waals surface area contributed by atoms with Crippen molar-refractivity contribution in [3.63, 3.8) is 0 Å². The first-order valence-corrected chi connectivity index (χ1v) is 6.13. The predicted molar refractivity (Wildman–Crippen MR) is 73.4 cm³/mol. The Bertz CT molecular complexity index is 560. The monoisotopic (exact) mass is 308 g/mol. The number of nitrogens with zero attached hydrogens (tertiary/aromatic N) is 1. The van der Waals surface area contributed by atoms with Crippen LogP contribution in [0.4, 0.5) is 5.69 Å². The van der Waals surface area contributed by atoms with Crippen LogP contribution in [-0.4, -0.2) is 17.2 Å². The lowest BCUT2D eigenvalue weighted by Gasteiger charge is -2.15. The molecule has 1 heterocycles. The summed E-state index contributed by atoms with van der Waals surface area (Å²) in [4.78, 5) is 3.98. The molecule has 0 bridgehead atoms. The molecule has 0 saturated heterocycles. The number of aliphatic hydroxyl groups is 1. The number of anilines is 1. The summed E-state index contributed by atoms with van der Waals surface area (Å²) >= 11 is 3.41. The average molecular weight is 309 g/mol. The molecule has 94 valence electrons. The van der Waals surface area contributed by atoms with Gasteiger partial charge in [-0.2, -0.15) is 0 Å². The van der Waals surface area contributed by atoms with Gasteiger partial charge in [-0.05, 0) is 24.3 Å². The zero-order valence-electron chi connectivity index (χ0n) is 9.80. The molecule has 0 aliphatic carbocycles. The van der Waals surface area contributed by atoms with E-state index in [1.54, 1.807) is 31.6 Å². The highest BCUT2D eigenvalue weighted by Crippen LogP contribution is 2.33. The molecule has 2 rings (SSSR count). The SMILES string of the molecule is COc1ccc(Br)c(C(O)c2cnccc2N)c1. The van der Waals surface area contributed by atoms with Crippen LogP contribution in [0.1, 0.15) is 17.2 Å². The fourth-order valence-electron chi connectivity index (χ4n) is 1.67. The second-order valence-electron chi connectivity index (χ2n) is 3.79. The van der Waals surface area contributed by atoms with Crippen molar-refractivity contribution in [2.24, 2.45) is 0 Å². The lowest BCUT2D eigenvalue weighted by molar-refractivity contribution is 0.219. The number of hydrogen-bond donors (Lipinski definition) is 2. The maximum absolute atomic E-state index is 10.4. The van der Waals surface area contributed by atoms with Gasteiger partial charge in [0.25, 0.3) is 0 Å². The Morgan fingerprint density at radius 1 is 1.33 bits per heavy atom. The number of rotatable bonds is 3. The molecule has 0 amide bonds. The van der Waals surface area contributed by atoms with E-state index in [0.717, 1.165) is 4.47 Å². The highest BCUT2D eigenvalue weighted by atomic mass is 79.9. The average Bonchev–Trinajstić information content (AvgIpc) is 2.39. The Kier molecular flexibility index (Phi) is 3.84. The van der Waals surface area contributed by atoms with Gasteiger partial charge in [0.1, 0.15) is 11.9 Å². The fraction of sp³-hybridized carbons (Fsp3) is 0.154. The molecule has 3 N–H and O–H groups in total. The van der Waals surface area contributed by atoms with Crippen LogP contribution in [0.15, 0.2) is 41.1 Å². The lowest BCUT2D eigenvalue weighted by atomic mass is 10.0. The zero-order valence-corrected chi connectivity index (χ0v) is 11.4. The molecule has 4 nitrogen and oxygen atoms in total. The van der Waals surface area contributed by atoms with Gasteiger partial charge in [0, 0.05) is 33.7 Å². The third-order valence-electron chi connectivity index (χ3n) is 2.68. The summed E-state index contributed by atoms with van der Waals surface area (Å²) in [6.07, 6.45) is 2.31. The summed E-state index contributed by atoms with van der Waals surface area (Å²) in [5.74, 6) is 0.676. The molecule has 0 fully saturated rings. The van der Waals surface area contributed by atoms with E-state index in [2.05, 4.69) is 20.9 Å². The van der Waals surface area contributed by atoms with Crippen LogP contribution >= 0.6 is 15.9 Å². The predicted octanol–water partition coefficient (Wildman–Crippen LogP) is 2.52. The van der Waals surface area contributed by atoms with Crippen molar-refractivity contribution >= 4 is 21.6 Å². The van der Waals surface area contributed by atoms with E-state index in [-0.39, 0.29) is 0 Å². The number of aliphatic hydroxyl groups excluding tert-OH is 1. The Balaban J connectivity index is 2.45. The highest BCUT2D eigenvalue weighted by Gasteiger charge is 2.17. The quantitative estimate of drug-likeness (QED) is 0.914. The third-order valence-corrected chi connectivity index (χ3v) is 3.40. The zero-order chi connectivity index (χ0) is 13.1. The maximum Gasteiger partial charge on any atom is 0.119 e. The van der Waals surface area contributed by atoms with Crippen molar-refractivity contribution in [2.45, 2.75) is 6.10 Å². The van der Waals surface area contributed by atoms with E-state index in [1.807, 2.05) is 12.1 Å². The summed E-state index contributed by atoms with van der Waals surface area (Å²) < 4.78 is 5.94. The maximum atomic E-state index is 10.4. The Hall–Kier alpha value is -1.59. The second-order valence-corrected chi connectivity index (χ2v) is 4.65. The Labute approximate surface area is 114 Å². The summed E-state index contributed by atoms with van der Waals surface area (Å²) in [6.45, 7) is 0. The Morgan fingerprint density at radius 3 is 2.78 bits per heavy atom. The van der Waals surface area contributed by atoms with E-state index in [0.29, 0.717) is 22.6 Å². The van der Waals surface area contributed by atoms with Gasteiger partial charge in [-0.1, -0.05) is 15.9 Å². The molecule has 0 radical (unpaired) electrons. The van der Waals surface area contributed by atoms with Gasteiger partial charge in [-0.25, -0.2) is 0 Å². The summed E-state index contributed by atoms with van der Waals surface area (Å²) in [6, 6.07) is 7.06. The van der Waals surface area contributed by atoms with Crippen LogP contribution in [0.3, 0.4) is 0 Å². The van der Waals surface area contributed by atoms with Crippen LogP contribution < -0.4 is 10.5 Å². The summed E-state index contributed by atoms with van der Waals surface area (Å²) in [5.41, 5.74) is 7.60. The van der Waals surface area contributed by atoms with E-state index >= 15 is 0 Å². The van der Waals surface area contributed by atoms with Crippen molar-refractivity contribution in [1.29, 1.82) is 0 Å². The molecule has 5 heteroatoms. The highest BCUT2D eigenvalue weighted by molar-refractivity contribution is 9.10. The van der Waals surface area contributed by atoms with Crippen LogP contribution in [0, 0.1) is 0 Å². The van der Waals surface area contributed by atoms with Crippen molar-refractivity contribution in [1.82, 2.24) is 4.98 Å². The number of nitrogens with two attached hydrogens (primary N) is 1. The van der Waals surface area contributed by atoms with Gasteiger partial charge in [0.2, 0.25) is 0 Å². The number of hydrogen-bond acceptors (Lipinski definition) is 4. The van der Waals surface area contributed by atoms with Crippen molar-refractivity contribution in [2.75, 3.05) is 12.8 Å². The molecular formula is C13H13BrN2O2. The first-order chi connectivity index (χ1) is 8.63. The van der Waals surface area contributed by atoms with Crippen LogP contribution in [-0.2, 0) is 0 Å². The molecular weight excluding hydrogens is 296 g/mol. The largest absolute Gasteiger partial charge is 0.497 e. The molecule has 0 aliphatic rings. The summed E-state index contributed by atoms with van der Waals surface area (Å²) in [7, 11) is 1.58. The lowest BCUT2D eigenvalue weighted by Crippen LogP contribution is -2.05. The first kappa shape index (κ1) is 12.9. The molecule has 18 heavy (non-hydrogen) atoms. The van der Waals surface area contributed by atoms with Crippen LogP contribution in [0.25, 0.3) is 0 Å². The molecule has 0 spiro atoms. The number of benzene rings is 1. The number of aromatic nitrogens is 1. The number of halogens is 1. The molecule has 2 aromatic rings. The minimum atomic E-state index is -0.844.